The van der Waals surface area contributed by atoms with Crippen LogP contribution in [0.3, 0.4) is 0 Å². The molecule has 1 N–H and O–H groups in total. The maximum absolute atomic E-state index is 11.9. The van der Waals surface area contributed by atoms with Gasteiger partial charge in [0, 0.05) is 19.6 Å². The van der Waals surface area contributed by atoms with Crippen LogP contribution in [-0.2, 0) is 4.79 Å². The summed E-state index contributed by atoms with van der Waals surface area (Å²) >= 11 is 0. The van der Waals surface area contributed by atoms with Crippen molar-refractivity contribution in [3.63, 3.8) is 0 Å². The van der Waals surface area contributed by atoms with Crippen LogP contribution in [0.2, 0.25) is 0 Å². The van der Waals surface area contributed by atoms with Crippen LogP contribution in [0.25, 0.3) is 0 Å². The molecule has 0 unspecified atom stereocenters. The summed E-state index contributed by atoms with van der Waals surface area (Å²) in [5.74, 6) is -0.905. The summed E-state index contributed by atoms with van der Waals surface area (Å²) in [7, 11) is 1.70. The van der Waals surface area contributed by atoms with E-state index >= 15 is 0 Å². The van der Waals surface area contributed by atoms with Crippen LogP contribution in [-0.4, -0.2) is 52.6 Å². The van der Waals surface area contributed by atoms with Gasteiger partial charge >= 0.3 is 12.0 Å². The number of amides is 2. The molecule has 0 aliphatic carbocycles. The van der Waals surface area contributed by atoms with Gasteiger partial charge in [0.2, 0.25) is 0 Å². The van der Waals surface area contributed by atoms with Crippen LogP contribution >= 0.6 is 0 Å². The van der Waals surface area contributed by atoms with Crippen LogP contribution in [0, 0.1) is 0 Å². The van der Waals surface area contributed by atoms with Crippen molar-refractivity contribution in [3.8, 4) is 0 Å². The van der Waals surface area contributed by atoms with Gasteiger partial charge in [-0.2, -0.15) is 0 Å². The van der Waals surface area contributed by atoms with Gasteiger partial charge in [0.1, 0.15) is 6.04 Å². The Kier molecular flexibility index (Phi) is 3.55. The first-order chi connectivity index (χ1) is 6.95. The molecule has 1 heterocycles. The van der Waals surface area contributed by atoms with Gasteiger partial charge in [-0.1, -0.05) is 0 Å². The van der Waals surface area contributed by atoms with Crippen molar-refractivity contribution in [2.24, 2.45) is 0 Å². The largest absolute Gasteiger partial charge is 0.480 e. The molecule has 1 aliphatic rings. The summed E-state index contributed by atoms with van der Waals surface area (Å²) in [6.45, 7) is 4.36. The number of rotatable bonds is 2. The van der Waals surface area contributed by atoms with Crippen LogP contribution in [0.4, 0.5) is 4.79 Å². The maximum Gasteiger partial charge on any atom is 0.326 e. The highest BCUT2D eigenvalue weighted by Gasteiger charge is 2.35. The number of nitrogens with zero attached hydrogens (tertiary/aromatic N) is 2. The Labute approximate surface area is 89.7 Å². The molecule has 0 aromatic heterocycles. The number of likely N-dealkylation sites (tertiary alicyclic amines) is 1. The molecule has 1 rings (SSSR count). The molecule has 86 valence electrons. The number of hydrogen-bond acceptors (Lipinski definition) is 2. The number of carboxylic acid groups (broad SMARTS) is 1. The Balaban J connectivity index is 2.70. The van der Waals surface area contributed by atoms with Crippen molar-refractivity contribution in [2.75, 3.05) is 13.6 Å². The quantitative estimate of drug-likeness (QED) is 0.745. The number of carbonyl (C=O) groups is 2. The molecule has 1 atom stereocenters. The molecule has 0 aromatic carbocycles. The predicted molar refractivity (Wildman–Crippen MR) is 55.7 cm³/mol. The predicted octanol–water partition coefficient (Wildman–Crippen LogP) is 0.996. The van der Waals surface area contributed by atoms with Crippen LogP contribution < -0.4 is 0 Å². The van der Waals surface area contributed by atoms with E-state index in [1.54, 1.807) is 11.9 Å². The number of carboxylic acids is 1. The zero-order valence-corrected chi connectivity index (χ0v) is 9.43. The van der Waals surface area contributed by atoms with E-state index < -0.39 is 12.0 Å². The van der Waals surface area contributed by atoms with E-state index in [4.69, 9.17) is 5.11 Å². The van der Waals surface area contributed by atoms with Crippen molar-refractivity contribution < 1.29 is 14.7 Å². The Hall–Kier alpha value is -1.26. The molecule has 5 nitrogen and oxygen atoms in total. The Bertz CT molecular complexity index is 265. The van der Waals surface area contributed by atoms with E-state index in [2.05, 4.69) is 0 Å². The van der Waals surface area contributed by atoms with Gasteiger partial charge in [-0.25, -0.2) is 9.59 Å². The summed E-state index contributed by atoms with van der Waals surface area (Å²) in [6, 6.07) is -0.735. The number of aliphatic carboxylic acids is 1. The topological polar surface area (TPSA) is 60.9 Å². The van der Waals surface area contributed by atoms with Gasteiger partial charge in [0.25, 0.3) is 0 Å². The smallest absolute Gasteiger partial charge is 0.326 e. The molecule has 0 spiro atoms. The third kappa shape index (κ3) is 2.40. The first-order valence-corrected chi connectivity index (χ1v) is 5.21. The molecule has 1 fully saturated rings. The molecule has 0 saturated carbocycles. The molecule has 15 heavy (non-hydrogen) atoms. The second kappa shape index (κ2) is 4.51. The average molecular weight is 214 g/mol. The lowest BCUT2D eigenvalue weighted by Gasteiger charge is -2.29. The molecule has 0 radical (unpaired) electrons. The molecule has 0 aromatic rings. The normalized spacial score (nSPS) is 20.8. The highest BCUT2D eigenvalue weighted by atomic mass is 16.4. The van der Waals surface area contributed by atoms with Crippen molar-refractivity contribution in [1.82, 2.24) is 9.80 Å². The Morgan fingerprint density at radius 3 is 2.53 bits per heavy atom. The van der Waals surface area contributed by atoms with Crippen molar-refractivity contribution in [2.45, 2.75) is 38.8 Å². The number of urea groups is 1. The third-order valence-electron chi connectivity index (χ3n) is 2.86. The minimum atomic E-state index is -0.905. The Morgan fingerprint density at radius 1 is 1.47 bits per heavy atom. The van der Waals surface area contributed by atoms with Crippen molar-refractivity contribution in [1.29, 1.82) is 0 Å². The summed E-state index contributed by atoms with van der Waals surface area (Å²) in [4.78, 5) is 25.8. The molecular weight excluding hydrogens is 196 g/mol. The number of carbonyl (C=O) groups excluding carboxylic acids is 1. The fraction of sp³-hybridized carbons (Fsp3) is 0.800. The molecule has 5 heteroatoms. The molecular formula is C10H18N2O3. The SMILES string of the molecule is CC(C)N(C)C(=O)N1CCC[C@H]1C(=O)O. The van der Waals surface area contributed by atoms with Crippen LogP contribution in [0.5, 0.6) is 0 Å². The van der Waals surface area contributed by atoms with Gasteiger partial charge in [0.05, 0.1) is 0 Å². The van der Waals surface area contributed by atoms with Crippen molar-refractivity contribution >= 4 is 12.0 Å². The molecule has 0 bridgehead atoms. The zero-order chi connectivity index (χ0) is 11.6. The minimum absolute atomic E-state index is 0.0903. The average Bonchev–Trinajstić information content (AvgIpc) is 2.63. The van der Waals surface area contributed by atoms with Gasteiger partial charge < -0.3 is 14.9 Å². The Morgan fingerprint density at radius 2 is 2.07 bits per heavy atom. The van der Waals surface area contributed by atoms with E-state index in [1.807, 2.05) is 13.8 Å². The standard InChI is InChI=1S/C10H18N2O3/c1-7(2)11(3)10(15)12-6-4-5-8(12)9(13)14/h7-8H,4-6H2,1-3H3,(H,13,14)/t8-/m0/s1. The summed E-state index contributed by atoms with van der Waals surface area (Å²) < 4.78 is 0. The molecule has 1 saturated heterocycles. The maximum atomic E-state index is 11.9. The first-order valence-electron chi connectivity index (χ1n) is 5.21. The second-order valence-electron chi connectivity index (χ2n) is 4.18. The zero-order valence-electron chi connectivity index (χ0n) is 9.43. The highest BCUT2D eigenvalue weighted by Crippen LogP contribution is 2.19. The van der Waals surface area contributed by atoms with E-state index in [-0.39, 0.29) is 12.1 Å². The fourth-order valence-electron chi connectivity index (χ4n) is 1.68. The minimum Gasteiger partial charge on any atom is -0.480 e. The van der Waals surface area contributed by atoms with Gasteiger partial charge in [-0.05, 0) is 26.7 Å². The molecule has 1 aliphatic heterocycles. The second-order valence-corrected chi connectivity index (χ2v) is 4.18. The lowest BCUT2D eigenvalue weighted by molar-refractivity contribution is -0.141. The van der Waals surface area contributed by atoms with Crippen molar-refractivity contribution in [3.05, 3.63) is 0 Å². The summed E-state index contributed by atoms with van der Waals surface area (Å²) in [6.07, 6.45) is 1.33. The van der Waals surface area contributed by atoms with Gasteiger partial charge in [-0.3, -0.25) is 0 Å². The highest BCUT2D eigenvalue weighted by molar-refractivity contribution is 5.83. The molecule has 2 amide bonds. The van der Waals surface area contributed by atoms with E-state index in [1.165, 1.54) is 4.90 Å². The fourth-order valence-corrected chi connectivity index (χ4v) is 1.68. The summed E-state index contributed by atoms with van der Waals surface area (Å²) in [5.41, 5.74) is 0. The van der Waals surface area contributed by atoms with E-state index in [0.717, 1.165) is 6.42 Å². The van der Waals surface area contributed by atoms with Gasteiger partial charge in [-0.15, -0.1) is 0 Å². The third-order valence-corrected chi connectivity index (χ3v) is 2.86. The van der Waals surface area contributed by atoms with E-state index in [9.17, 15) is 9.59 Å². The monoisotopic (exact) mass is 214 g/mol. The summed E-state index contributed by atoms with van der Waals surface area (Å²) in [5, 5.41) is 8.94. The van der Waals surface area contributed by atoms with E-state index in [0.29, 0.717) is 13.0 Å². The number of hydrogen-bond donors (Lipinski definition) is 1. The van der Waals surface area contributed by atoms with Crippen LogP contribution in [0.1, 0.15) is 26.7 Å². The lowest BCUT2D eigenvalue weighted by atomic mass is 10.2. The van der Waals surface area contributed by atoms with Gasteiger partial charge in [0.15, 0.2) is 0 Å². The van der Waals surface area contributed by atoms with Crippen LogP contribution in [0.15, 0.2) is 0 Å². The first kappa shape index (κ1) is 11.8. The lowest BCUT2D eigenvalue weighted by Crippen LogP contribution is -2.48.